The van der Waals surface area contributed by atoms with E-state index < -0.39 is 11.7 Å². The van der Waals surface area contributed by atoms with E-state index in [4.69, 9.17) is 5.73 Å². The van der Waals surface area contributed by atoms with Gasteiger partial charge in [-0.2, -0.15) is 13.2 Å². The van der Waals surface area contributed by atoms with Crippen LogP contribution in [0.2, 0.25) is 0 Å². The molecule has 0 aliphatic carbocycles. The molecule has 0 aliphatic rings. The Morgan fingerprint density at radius 1 is 0.704 bits per heavy atom. The van der Waals surface area contributed by atoms with Crippen molar-refractivity contribution in [3.8, 4) is 23.7 Å². The molecule has 0 atom stereocenters. The first-order valence-corrected chi connectivity index (χ1v) is 7.78. The zero-order valence-corrected chi connectivity index (χ0v) is 13.9. The average molecular weight is 363 g/mol. The normalized spacial score (nSPS) is 10.3. The van der Waals surface area contributed by atoms with Crippen LogP contribution in [0.25, 0.3) is 0 Å². The van der Waals surface area contributed by atoms with Gasteiger partial charge in [-0.1, -0.05) is 23.7 Å². The maximum atomic E-state index is 13.3. The van der Waals surface area contributed by atoms with Crippen LogP contribution in [0.4, 0.5) is 18.9 Å². The van der Waals surface area contributed by atoms with Crippen LogP contribution in [0, 0.1) is 23.7 Å². The second-order valence-corrected chi connectivity index (χ2v) is 5.45. The van der Waals surface area contributed by atoms with Gasteiger partial charge in [0.15, 0.2) is 0 Å². The lowest BCUT2D eigenvalue weighted by molar-refractivity contribution is -0.137. The lowest BCUT2D eigenvalue weighted by Crippen LogP contribution is -2.08. The number of nitrogen functional groups attached to an aromatic ring is 1. The van der Waals surface area contributed by atoms with Crippen LogP contribution in [0.15, 0.2) is 61.2 Å². The Labute approximate surface area is 154 Å². The summed E-state index contributed by atoms with van der Waals surface area (Å²) < 4.78 is 39.8. The van der Waals surface area contributed by atoms with Gasteiger partial charge in [0, 0.05) is 47.0 Å². The van der Waals surface area contributed by atoms with Crippen molar-refractivity contribution in [1.29, 1.82) is 0 Å². The maximum absolute atomic E-state index is 13.3. The third kappa shape index (κ3) is 4.65. The molecule has 0 fully saturated rings. The summed E-state index contributed by atoms with van der Waals surface area (Å²) in [6.45, 7) is 0. The maximum Gasteiger partial charge on any atom is 0.416 e. The van der Waals surface area contributed by atoms with E-state index >= 15 is 0 Å². The first kappa shape index (κ1) is 18.0. The summed E-state index contributed by atoms with van der Waals surface area (Å²) in [4.78, 5) is 7.74. The number of rotatable bonds is 0. The third-order valence-electron chi connectivity index (χ3n) is 3.55. The summed E-state index contributed by atoms with van der Waals surface area (Å²) in [5.74, 6) is 11.0. The lowest BCUT2D eigenvalue weighted by atomic mass is 10.0. The lowest BCUT2D eigenvalue weighted by Gasteiger charge is -2.10. The van der Waals surface area contributed by atoms with Crippen LogP contribution in [-0.4, -0.2) is 9.97 Å². The number of halogens is 3. The minimum Gasteiger partial charge on any atom is -0.397 e. The molecule has 2 N–H and O–H groups in total. The second kappa shape index (κ2) is 7.63. The summed E-state index contributed by atoms with van der Waals surface area (Å²) in [6, 6.07) is 8.48. The second-order valence-electron chi connectivity index (χ2n) is 5.45. The van der Waals surface area contributed by atoms with Gasteiger partial charge in [-0.3, -0.25) is 9.97 Å². The number of alkyl halides is 3. The summed E-state index contributed by atoms with van der Waals surface area (Å²) in [5, 5.41) is 0. The molecular weight excluding hydrogens is 351 g/mol. The highest BCUT2D eigenvalue weighted by Gasteiger charge is 2.31. The number of aromatic nitrogens is 2. The van der Waals surface area contributed by atoms with E-state index in [1.54, 1.807) is 49.1 Å². The molecule has 0 saturated heterocycles. The van der Waals surface area contributed by atoms with Crippen LogP contribution in [0.5, 0.6) is 0 Å². The van der Waals surface area contributed by atoms with Crippen molar-refractivity contribution in [2.75, 3.05) is 5.73 Å². The van der Waals surface area contributed by atoms with Crippen LogP contribution < -0.4 is 5.73 Å². The number of pyridine rings is 2. The first-order chi connectivity index (χ1) is 12.9. The molecule has 3 nitrogen and oxygen atoms in total. The van der Waals surface area contributed by atoms with E-state index in [0.717, 1.165) is 12.1 Å². The monoisotopic (exact) mass is 363 g/mol. The van der Waals surface area contributed by atoms with Gasteiger partial charge in [0.2, 0.25) is 0 Å². The molecule has 3 rings (SSSR count). The van der Waals surface area contributed by atoms with Crippen molar-refractivity contribution in [1.82, 2.24) is 9.97 Å². The highest BCUT2D eigenvalue weighted by Crippen LogP contribution is 2.32. The van der Waals surface area contributed by atoms with Crippen molar-refractivity contribution in [2.24, 2.45) is 0 Å². The molecule has 2 aromatic heterocycles. The van der Waals surface area contributed by atoms with Gasteiger partial charge in [-0.15, -0.1) is 0 Å². The Kier molecular flexibility index (Phi) is 5.10. The fourth-order valence-corrected chi connectivity index (χ4v) is 2.17. The molecule has 1 aromatic carbocycles. The third-order valence-corrected chi connectivity index (χ3v) is 3.55. The zero-order valence-electron chi connectivity index (χ0n) is 13.9. The summed E-state index contributed by atoms with van der Waals surface area (Å²) >= 11 is 0. The van der Waals surface area contributed by atoms with Crippen molar-refractivity contribution in [3.05, 3.63) is 89.0 Å². The Morgan fingerprint density at radius 2 is 1.11 bits per heavy atom. The topological polar surface area (TPSA) is 51.8 Å². The van der Waals surface area contributed by atoms with Gasteiger partial charge in [0.25, 0.3) is 0 Å². The van der Waals surface area contributed by atoms with Crippen molar-refractivity contribution in [3.63, 3.8) is 0 Å². The number of nitrogens with two attached hydrogens (primary N) is 1. The van der Waals surface area contributed by atoms with Gasteiger partial charge >= 0.3 is 6.18 Å². The van der Waals surface area contributed by atoms with E-state index in [2.05, 4.69) is 33.6 Å². The van der Waals surface area contributed by atoms with E-state index in [-0.39, 0.29) is 16.8 Å². The molecule has 0 amide bonds. The molecule has 3 aromatic rings. The van der Waals surface area contributed by atoms with Crippen LogP contribution in [0.3, 0.4) is 0 Å². The minimum absolute atomic E-state index is 0.0701. The summed E-state index contributed by atoms with van der Waals surface area (Å²) in [5.41, 5.74) is 6.65. The largest absolute Gasteiger partial charge is 0.416 e. The summed E-state index contributed by atoms with van der Waals surface area (Å²) in [7, 11) is 0. The highest BCUT2D eigenvalue weighted by atomic mass is 19.4. The van der Waals surface area contributed by atoms with E-state index in [1.165, 1.54) is 0 Å². The molecule has 132 valence electrons. The Balaban J connectivity index is 2.09. The Hall–Kier alpha value is -3.77. The number of anilines is 1. The Bertz CT molecular complexity index is 990. The SMILES string of the molecule is Nc1c(C#Cc2ccncc2)cc(C(F)(F)F)cc1C#Cc1ccncc1. The smallest absolute Gasteiger partial charge is 0.397 e. The van der Waals surface area contributed by atoms with E-state index in [0.29, 0.717) is 11.1 Å². The van der Waals surface area contributed by atoms with Crippen molar-refractivity contribution < 1.29 is 13.2 Å². The predicted octanol–water partition coefficient (Wildman–Crippen LogP) is 3.88. The van der Waals surface area contributed by atoms with E-state index in [9.17, 15) is 13.2 Å². The first-order valence-electron chi connectivity index (χ1n) is 7.78. The molecule has 2 heterocycles. The molecule has 0 aliphatic heterocycles. The van der Waals surface area contributed by atoms with Gasteiger partial charge in [0.1, 0.15) is 0 Å². The fraction of sp³-hybridized carbons (Fsp3) is 0.0476. The van der Waals surface area contributed by atoms with Crippen molar-refractivity contribution in [2.45, 2.75) is 6.18 Å². The average Bonchev–Trinajstić information content (AvgIpc) is 2.67. The van der Waals surface area contributed by atoms with Crippen LogP contribution in [-0.2, 0) is 6.18 Å². The van der Waals surface area contributed by atoms with E-state index in [1.807, 2.05) is 0 Å². The molecular formula is C21H12F3N3. The van der Waals surface area contributed by atoms with Gasteiger partial charge < -0.3 is 5.73 Å². The molecule has 0 radical (unpaired) electrons. The Morgan fingerprint density at radius 3 is 1.48 bits per heavy atom. The minimum atomic E-state index is -4.53. The zero-order chi connectivity index (χ0) is 19.3. The van der Waals surface area contributed by atoms with Gasteiger partial charge in [-0.05, 0) is 36.4 Å². The standard InChI is InChI=1S/C21H12F3N3/c22-21(23,24)19-13-17(3-1-15-5-9-26-10-6-15)20(25)18(14-19)4-2-16-7-11-27-12-8-16/h5-14H,25H2. The van der Waals surface area contributed by atoms with Crippen LogP contribution >= 0.6 is 0 Å². The molecule has 0 saturated carbocycles. The molecule has 0 spiro atoms. The quantitative estimate of drug-likeness (QED) is 0.487. The number of hydrogen-bond acceptors (Lipinski definition) is 3. The van der Waals surface area contributed by atoms with Gasteiger partial charge in [-0.25, -0.2) is 0 Å². The highest BCUT2D eigenvalue weighted by molar-refractivity contribution is 5.68. The predicted molar refractivity (Wildman–Crippen MR) is 96.3 cm³/mol. The number of benzene rings is 1. The molecule has 0 unspecified atom stereocenters. The summed E-state index contributed by atoms with van der Waals surface area (Å²) in [6.07, 6.45) is 1.65. The fourth-order valence-electron chi connectivity index (χ4n) is 2.17. The molecule has 6 heteroatoms. The van der Waals surface area contributed by atoms with Crippen molar-refractivity contribution >= 4 is 5.69 Å². The van der Waals surface area contributed by atoms with Crippen LogP contribution in [0.1, 0.15) is 27.8 Å². The number of hydrogen-bond donors (Lipinski definition) is 1. The molecule has 27 heavy (non-hydrogen) atoms. The van der Waals surface area contributed by atoms with Gasteiger partial charge in [0.05, 0.1) is 11.3 Å². The number of nitrogens with zero attached hydrogens (tertiary/aromatic N) is 2. The molecule has 0 bridgehead atoms.